The average molecular weight is 297 g/mol. The van der Waals surface area contributed by atoms with Crippen LogP contribution in [-0.2, 0) is 6.54 Å². The molecule has 0 atom stereocenters. The number of hydrogen-bond donors (Lipinski definition) is 1. The van der Waals surface area contributed by atoms with Gasteiger partial charge in [0.1, 0.15) is 0 Å². The Morgan fingerprint density at radius 3 is 2.26 bits per heavy atom. The largest absolute Gasteiger partial charge is 0.401 e. The molecule has 1 aromatic heterocycles. The summed E-state index contributed by atoms with van der Waals surface area (Å²) in [5, 5.41) is 7.50. The lowest BCUT2D eigenvalue weighted by atomic mass is 10.2. The third-order valence-electron chi connectivity index (χ3n) is 3.18. The van der Waals surface area contributed by atoms with E-state index in [-0.39, 0.29) is 0 Å². The van der Waals surface area contributed by atoms with E-state index in [1.54, 1.807) is 0 Å². The quantitative estimate of drug-likeness (QED) is 0.927. The molecule has 1 fully saturated rings. The molecule has 2 rings (SSSR count). The highest BCUT2D eigenvalue weighted by molar-refractivity contribution is 6.31. The van der Waals surface area contributed by atoms with Crippen LogP contribution in [0.15, 0.2) is 0 Å². The number of aryl methyl sites for hydroxylation is 1. The summed E-state index contributed by atoms with van der Waals surface area (Å²) < 4.78 is 36.8. The van der Waals surface area contributed by atoms with E-state index in [1.165, 1.54) is 4.90 Å². The van der Waals surface area contributed by atoms with E-state index in [9.17, 15) is 13.2 Å². The van der Waals surface area contributed by atoms with Gasteiger partial charge in [0.2, 0.25) is 0 Å². The standard InChI is InChI=1S/C11H16ClF3N4/c1-8-10(12)9(17-16-8)6-18-2-4-19(5-3-18)7-11(13,14)15/h2-7H2,1H3,(H,16,17). The summed E-state index contributed by atoms with van der Waals surface area (Å²) in [4.78, 5) is 3.49. The number of aromatic nitrogens is 2. The maximum absolute atomic E-state index is 12.3. The van der Waals surface area contributed by atoms with E-state index < -0.39 is 12.7 Å². The van der Waals surface area contributed by atoms with Crippen LogP contribution < -0.4 is 0 Å². The fourth-order valence-electron chi connectivity index (χ4n) is 2.14. The highest BCUT2D eigenvalue weighted by Gasteiger charge is 2.32. The van der Waals surface area contributed by atoms with Crippen LogP contribution in [0.25, 0.3) is 0 Å². The molecule has 0 amide bonds. The maximum atomic E-state index is 12.3. The van der Waals surface area contributed by atoms with Crippen LogP contribution in [0.4, 0.5) is 13.2 Å². The minimum absolute atomic E-state index is 0.417. The van der Waals surface area contributed by atoms with Crippen LogP contribution in [-0.4, -0.2) is 58.9 Å². The molecule has 0 bridgehead atoms. The van der Waals surface area contributed by atoms with Gasteiger partial charge in [-0.25, -0.2) is 0 Å². The Morgan fingerprint density at radius 1 is 1.21 bits per heavy atom. The first-order valence-electron chi connectivity index (χ1n) is 6.06. The molecular formula is C11H16ClF3N4. The molecule has 2 heterocycles. The summed E-state index contributed by atoms with van der Waals surface area (Å²) in [6.45, 7) is 3.60. The molecule has 0 aromatic carbocycles. The molecule has 1 saturated heterocycles. The second-order valence-corrected chi connectivity index (χ2v) is 5.15. The Labute approximate surface area is 114 Å². The first kappa shape index (κ1) is 14.6. The van der Waals surface area contributed by atoms with E-state index in [1.807, 2.05) is 6.92 Å². The van der Waals surface area contributed by atoms with Crippen LogP contribution in [0.2, 0.25) is 5.02 Å². The van der Waals surface area contributed by atoms with Crippen molar-refractivity contribution in [3.05, 3.63) is 16.4 Å². The Hall–Kier alpha value is -0.790. The lowest BCUT2D eigenvalue weighted by Gasteiger charge is -2.34. The summed E-state index contributed by atoms with van der Waals surface area (Å²) in [5.41, 5.74) is 1.57. The van der Waals surface area contributed by atoms with Crippen LogP contribution in [0.3, 0.4) is 0 Å². The van der Waals surface area contributed by atoms with Gasteiger partial charge < -0.3 is 0 Å². The average Bonchev–Trinajstić information content (AvgIpc) is 2.62. The molecule has 1 aliphatic heterocycles. The van der Waals surface area contributed by atoms with E-state index in [4.69, 9.17) is 11.6 Å². The van der Waals surface area contributed by atoms with E-state index in [0.717, 1.165) is 11.4 Å². The number of halogens is 4. The maximum Gasteiger partial charge on any atom is 0.401 e. The Morgan fingerprint density at radius 2 is 1.79 bits per heavy atom. The van der Waals surface area contributed by atoms with Crippen molar-refractivity contribution in [2.45, 2.75) is 19.6 Å². The second kappa shape index (κ2) is 5.68. The molecule has 0 spiro atoms. The molecule has 0 radical (unpaired) electrons. The first-order valence-corrected chi connectivity index (χ1v) is 6.44. The van der Waals surface area contributed by atoms with Gasteiger partial charge in [0.15, 0.2) is 0 Å². The van der Waals surface area contributed by atoms with Gasteiger partial charge in [0.25, 0.3) is 0 Å². The van der Waals surface area contributed by atoms with Gasteiger partial charge in [-0.2, -0.15) is 18.3 Å². The number of alkyl halides is 3. The molecule has 0 saturated carbocycles. The normalized spacial score (nSPS) is 19.0. The van der Waals surface area contributed by atoms with Gasteiger partial charge in [-0.05, 0) is 6.92 Å². The lowest BCUT2D eigenvalue weighted by molar-refractivity contribution is -0.149. The van der Waals surface area contributed by atoms with Gasteiger partial charge >= 0.3 is 6.18 Å². The van der Waals surface area contributed by atoms with Gasteiger partial charge in [-0.1, -0.05) is 11.6 Å². The number of piperazine rings is 1. The van der Waals surface area contributed by atoms with Crippen LogP contribution in [0.1, 0.15) is 11.4 Å². The van der Waals surface area contributed by atoms with Gasteiger partial charge in [0, 0.05) is 32.7 Å². The second-order valence-electron chi connectivity index (χ2n) is 4.78. The van der Waals surface area contributed by atoms with Gasteiger partial charge in [-0.15, -0.1) is 0 Å². The molecule has 4 nitrogen and oxygen atoms in total. The zero-order valence-electron chi connectivity index (χ0n) is 10.6. The minimum Gasteiger partial charge on any atom is -0.295 e. The van der Waals surface area contributed by atoms with Gasteiger partial charge in [-0.3, -0.25) is 14.9 Å². The Kier molecular flexibility index (Phi) is 4.37. The highest BCUT2D eigenvalue weighted by Crippen LogP contribution is 2.21. The zero-order chi connectivity index (χ0) is 14.0. The minimum atomic E-state index is -4.12. The fourth-order valence-corrected chi connectivity index (χ4v) is 2.29. The summed E-state index contributed by atoms with van der Waals surface area (Å²) >= 11 is 6.06. The number of nitrogens with zero attached hydrogens (tertiary/aromatic N) is 3. The molecule has 19 heavy (non-hydrogen) atoms. The van der Waals surface area contributed by atoms with E-state index >= 15 is 0 Å². The smallest absolute Gasteiger partial charge is 0.295 e. The first-order chi connectivity index (χ1) is 8.85. The van der Waals surface area contributed by atoms with Crippen molar-refractivity contribution >= 4 is 11.6 Å². The number of rotatable bonds is 3. The van der Waals surface area contributed by atoms with Crippen molar-refractivity contribution in [1.82, 2.24) is 20.0 Å². The van der Waals surface area contributed by atoms with Crippen molar-refractivity contribution in [2.75, 3.05) is 32.7 Å². The van der Waals surface area contributed by atoms with E-state index in [2.05, 4.69) is 15.1 Å². The third-order valence-corrected chi connectivity index (χ3v) is 3.68. The molecule has 1 N–H and O–H groups in total. The highest BCUT2D eigenvalue weighted by atomic mass is 35.5. The molecule has 108 valence electrons. The topological polar surface area (TPSA) is 35.2 Å². The molecule has 0 aliphatic carbocycles. The fraction of sp³-hybridized carbons (Fsp3) is 0.727. The predicted octanol–water partition coefficient (Wildman–Crippen LogP) is 2.05. The summed E-state index contributed by atoms with van der Waals surface area (Å²) in [5.74, 6) is 0. The van der Waals surface area contributed by atoms with Crippen molar-refractivity contribution < 1.29 is 13.2 Å². The van der Waals surface area contributed by atoms with Gasteiger partial charge in [0.05, 0.1) is 23.0 Å². The number of H-pyrrole nitrogens is 1. The number of aromatic amines is 1. The SMILES string of the molecule is Cc1[nH]nc(CN2CCN(CC(F)(F)F)CC2)c1Cl. The van der Waals surface area contributed by atoms with Crippen molar-refractivity contribution in [1.29, 1.82) is 0 Å². The van der Waals surface area contributed by atoms with Crippen molar-refractivity contribution in [3.8, 4) is 0 Å². The summed E-state index contributed by atoms with van der Waals surface area (Å²) in [6.07, 6.45) is -4.12. The Balaban J connectivity index is 1.82. The molecular weight excluding hydrogens is 281 g/mol. The summed E-state index contributed by atoms with van der Waals surface area (Å²) in [7, 11) is 0. The molecule has 1 aliphatic rings. The number of nitrogens with one attached hydrogen (secondary N) is 1. The monoisotopic (exact) mass is 296 g/mol. The molecule has 8 heteroatoms. The van der Waals surface area contributed by atoms with E-state index in [0.29, 0.717) is 37.7 Å². The lowest BCUT2D eigenvalue weighted by Crippen LogP contribution is -2.48. The summed E-state index contributed by atoms with van der Waals surface area (Å²) in [6, 6.07) is 0. The molecule has 0 unspecified atom stereocenters. The number of hydrogen-bond acceptors (Lipinski definition) is 3. The predicted molar refractivity (Wildman–Crippen MR) is 66.1 cm³/mol. The van der Waals surface area contributed by atoms with Crippen molar-refractivity contribution in [3.63, 3.8) is 0 Å². The Bertz CT molecular complexity index is 424. The van der Waals surface area contributed by atoms with Crippen LogP contribution >= 0.6 is 11.6 Å². The zero-order valence-corrected chi connectivity index (χ0v) is 11.4. The molecule has 1 aromatic rings. The van der Waals surface area contributed by atoms with Crippen LogP contribution in [0.5, 0.6) is 0 Å². The third kappa shape index (κ3) is 4.09. The van der Waals surface area contributed by atoms with Crippen molar-refractivity contribution in [2.24, 2.45) is 0 Å². The van der Waals surface area contributed by atoms with Crippen LogP contribution in [0, 0.1) is 6.92 Å².